The standard InChI is InChI=1S/C10H19N3O6S/c1-2-20(18,19)6-5-12-10(17)13-7(9(15)16)3-4-8(11)14/h7H,2-6H2,1H3,(H2,11,14)(H,15,16)(H2,12,13,17). The molecule has 0 aromatic heterocycles. The van der Waals surface area contributed by atoms with Crippen LogP contribution >= 0.6 is 0 Å². The molecule has 0 aromatic rings. The molecule has 0 aliphatic heterocycles. The molecular formula is C10H19N3O6S. The molecule has 9 nitrogen and oxygen atoms in total. The molecule has 0 rings (SSSR count). The molecule has 0 radical (unpaired) electrons. The van der Waals surface area contributed by atoms with Gasteiger partial charge in [0.1, 0.15) is 6.04 Å². The molecule has 0 aliphatic carbocycles. The second kappa shape index (κ2) is 8.35. The number of carboxylic acids is 1. The maximum atomic E-state index is 11.4. The Bertz CT molecular complexity index is 462. The molecule has 1 unspecified atom stereocenters. The van der Waals surface area contributed by atoms with Crippen molar-refractivity contribution >= 4 is 27.7 Å². The molecule has 0 bridgehead atoms. The Morgan fingerprint density at radius 1 is 1.30 bits per heavy atom. The highest BCUT2D eigenvalue weighted by molar-refractivity contribution is 7.91. The first kappa shape index (κ1) is 18.2. The molecule has 20 heavy (non-hydrogen) atoms. The maximum absolute atomic E-state index is 11.4. The largest absolute Gasteiger partial charge is 0.480 e. The van der Waals surface area contributed by atoms with E-state index in [1.807, 2.05) is 0 Å². The summed E-state index contributed by atoms with van der Waals surface area (Å²) in [6.45, 7) is 1.36. The summed E-state index contributed by atoms with van der Waals surface area (Å²) in [5, 5.41) is 13.2. The van der Waals surface area contributed by atoms with Gasteiger partial charge in [-0.2, -0.15) is 0 Å². The molecule has 0 spiro atoms. The number of carbonyl (C=O) groups excluding carboxylic acids is 2. The van der Waals surface area contributed by atoms with E-state index in [4.69, 9.17) is 10.8 Å². The zero-order valence-electron chi connectivity index (χ0n) is 11.1. The van der Waals surface area contributed by atoms with Crippen molar-refractivity contribution in [3.63, 3.8) is 0 Å². The Morgan fingerprint density at radius 2 is 1.90 bits per heavy atom. The predicted octanol–water partition coefficient (Wildman–Crippen LogP) is -1.56. The fourth-order valence-corrected chi connectivity index (χ4v) is 1.92. The first-order valence-electron chi connectivity index (χ1n) is 5.94. The fourth-order valence-electron chi connectivity index (χ4n) is 1.22. The number of nitrogens with two attached hydrogens (primary N) is 1. The summed E-state index contributed by atoms with van der Waals surface area (Å²) in [4.78, 5) is 32.8. The number of hydrogen-bond donors (Lipinski definition) is 4. The van der Waals surface area contributed by atoms with Crippen molar-refractivity contribution in [2.45, 2.75) is 25.8 Å². The lowest BCUT2D eigenvalue weighted by Gasteiger charge is -2.14. The van der Waals surface area contributed by atoms with Gasteiger partial charge in [-0.1, -0.05) is 6.92 Å². The quantitative estimate of drug-likeness (QED) is 0.403. The van der Waals surface area contributed by atoms with Crippen molar-refractivity contribution in [1.29, 1.82) is 0 Å². The third kappa shape index (κ3) is 8.29. The van der Waals surface area contributed by atoms with Gasteiger partial charge >= 0.3 is 12.0 Å². The van der Waals surface area contributed by atoms with E-state index in [1.165, 1.54) is 6.92 Å². The van der Waals surface area contributed by atoms with Crippen LogP contribution in [-0.2, 0) is 19.4 Å². The van der Waals surface area contributed by atoms with Crippen molar-refractivity contribution in [3.05, 3.63) is 0 Å². The van der Waals surface area contributed by atoms with Crippen LogP contribution in [0.5, 0.6) is 0 Å². The van der Waals surface area contributed by atoms with Crippen LogP contribution in [-0.4, -0.2) is 55.5 Å². The molecule has 0 saturated carbocycles. The maximum Gasteiger partial charge on any atom is 0.326 e. The van der Waals surface area contributed by atoms with E-state index in [2.05, 4.69) is 10.6 Å². The normalized spacial score (nSPS) is 12.4. The Labute approximate surface area is 116 Å². The minimum absolute atomic E-state index is 0.0351. The topological polar surface area (TPSA) is 156 Å². The van der Waals surface area contributed by atoms with E-state index in [0.29, 0.717) is 0 Å². The molecule has 5 N–H and O–H groups in total. The summed E-state index contributed by atoms with van der Waals surface area (Å²) >= 11 is 0. The smallest absolute Gasteiger partial charge is 0.326 e. The highest BCUT2D eigenvalue weighted by atomic mass is 32.2. The summed E-state index contributed by atoms with van der Waals surface area (Å²) in [6.07, 6.45) is -0.313. The van der Waals surface area contributed by atoms with Crippen LogP contribution in [0.15, 0.2) is 0 Å². The minimum atomic E-state index is -3.20. The average Bonchev–Trinajstić information content (AvgIpc) is 2.33. The van der Waals surface area contributed by atoms with Crippen molar-refractivity contribution in [2.24, 2.45) is 5.73 Å². The lowest BCUT2D eigenvalue weighted by Crippen LogP contribution is -2.47. The van der Waals surface area contributed by atoms with Gasteiger partial charge in [0.05, 0.1) is 5.75 Å². The van der Waals surface area contributed by atoms with Gasteiger partial charge in [0, 0.05) is 18.7 Å². The molecule has 0 aliphatic rings. The second-order valence-electron chi connectivity index (χ2n) is 4.03. The summed E-state index contributed by atoms with van der Waals surface area (Å²) < 4.78 is 22.3. The molecule has 1 atom stereocenters. The zero-order valence-corrected chi connectivity index (χ0v) is 11.9. The van der Waals surface area contributed by atoms with Crippen LogP contribution in [0.4, 0.5) is 4.79 Å². The summed E-state index contributed by atoms with van der Waals surface area (Å²) in [6, 6.07) is -2.07. The van der Waals surface area contributed by atoms with Crippen molar-refractivity contribution < 1.29 is 27.9 Å². The number of nitrogens with one attached hydrogen (secondary N) is 2. The van der Waals surface area contributed by atoms with Crippen LogP contribution in [0.25, 0.3) is 0 Å². The monoisotopic (exact) mass is 309 g/mol. The van der Waals surface area contributed by atoms with Gasteiger partial charge in [-0.05, 0) is 6.42 Å². The fraction of sp³-hybridized carbons (Fsp3) is 0.700. The third-order valence-corrected chi connectivity index (χ3v) is 4.13. The Morgan fingerprint density at radius 3 is 2.35 bits per heavy atom. The van der Waals surface area contributed by atoms with Crippen molar-refractivity contribution in [1.82, 2.24) is 10.6 Å². The number of rotatable bonds is 9. The molecule has 3 amide bonds. The van der Waals surface area contributed by atoms with Gasteiger partial charge in [-0.15, -0.1) is 0 Å². The summed E-state index contributed by atoms with van der Waals surface area (Å²) in [5.41, 5.74) is 4.89. The number of urea groups is 1. The van der Waals surface area contributed by atoms with Gasteiger partial charge in [-0.3, -0.25) is 4.79 Å². The minimum Gasteiger partial charge on any atom is -0.480 e. The van der Waals surface area contributed by atoms with Gasteiger partial charge in [-0.25, -0.2) is 18.0 Å². The van der Waals surface area contributed by atoms with Crippen LogP contribution < -0.4 is 16.4 Å². The molecular weight excluding hydrogens is 290 g/mol. The van der Waals surface area contributed by atoms with E-state index in [0.717, 1.165) is 0 Å². The van der Waals surface area contributed by atoms with Gasteiger partial charge < -0.3 is 21.5 Å². The number of carbonyl (C=O) groups is 3. The average molecular weight is 309 g/mol. The van der Waals surface area contributed by atoms with Crippen LogP contribution in [0.3, 0.4) is 0 Å². The van der Waals surface area contributed by atoms with Crippen molar-refractivity contribution in [3.8, 4) is 0 Å². The first-order chi connectivity index (χ1) is 9.18. The number of primary amides is 1. The number of amides is 3. The first-order valence-corrected chi connectivity index (χ1v) is 7.76. The third-order valence-electron chi connectivity index (χ3n) is 2.42. The lowest BCUT2D eigenvalue weighted by atomic mass is 10.1. The highest BCUT2D eigenvalue weighted by Crippen LogP contribution is 1.97. The van der Waals surface area contributed by atoms with E-state index in [-0.39, 0.29) is 30.9 Å². The van der Waals surface area contributed by atoms with Crippen molar-refractivity contribution in [2.75, 3.05) is 18.1 Å². The zero-order chi connectivity index (χ0) is 15.8. The van der Waals surface area contributed by atoms with E-state index in [1.54, 1.807) is 0 Å². The predicted molar refractivity (Wildman–Crippen MR) is 70.7 cm³/mol. The summed E-state index contributed by atoms with van der Waals surface area (Å²) in [7, 11) is -3.20. The number of hydrogen-bond acceptors (Lipinski definition) is 5. The lowest BCUT2D eigenvalue weighted by molar-refractivity contribution is -0.139. The Kier molecular flexibility index (Phi) is 7.59. The molecule has 0 fully saturated rings. The SMILES string of the molecule is CCS(=O)(=O)CCNC(=O)NC(CCC(N)=O)C(=O)O. The number of aliphatic carboxylic acids is 1. The van der Waals surface area contributed by atoms with Gasteiger partial charge in [0.15, 0.2) is 9.84 Å². The van der Waals surface area contributed by atoms with Gasteiger partial charge in [0.2, 0.25) is 5.91 Å². The molecule has 0 heterocycles. The van der Waals surface area contributed by atoms with Crippen LogP contribution in [0, 0.1) is 0 Å². The van der Waals surface area contributed by atoms with Crippen LogP contribution in [0.2, 0.25) is 0 Å². The second-order valence-corrected chi connectivity index (χ2v) is 6.51. The summed E-state index contributed by atoms with van der Waals surface area (Å²) in [5.74, 6) is -2.24. The molecule has 0 saturated heterocycles. The van der Waals surface area contributed by atoms with Gasteiger partial charge in [0.25, 0.3) is 0 Å². The highest BCUT2D eigenvalue weighted by Gasteiger charge is 2.20. The van der Waals surface area contributed by atoms with E-state index in [9.17, 15) is 22.8 Å². The molecule has 116 valence electrons. The Hall–Kier alpha value is -1.84. The Balaban J connectivity index is 4.20. The van der Waals surface area contributed by atoms with Crippen LogP contribution in [0.1, 0.15) is 19.8 Å². The van der Waals surface area contributed by atoms with E-state index < -0.39 is 33.8 Å². The molecule has 10 heteroatoms. The van der Waals surface area contributed by atoms with E-state index >= 15 is 0 Å². The number of carboxylic acid groups (broad SMARTS) is 1. The molecule has 0 aromatic carbocycles. The number of sulfone groups is 1.